The van der Waals surface area contributed by atoms with Gasteiger partial charge in [0.05, 0.1) is 12.2 Å². The largest absolute Gasteiger partial charge is 0.475 e. The summed E-state index contributed by atoms with van der Waals surface area (Å²) in [7, 11) is 1.88. The Bertz CT molecular complexity index is 445. The Morgan fingerprint density at radius 1 is 1.25 bits per heavy atom. The van der Waals surface area contributed by atoms with E-state index in [2.05, 4.69) is 29.1 Å². The Morgan fingerprint density at radius 3 is 2.60 bits per heavy atom. The molecule has 1 aliphatic rings. The van der Waals surface area contributed by atoms with E-state index in [9.17, 15) is 0 Å². The fourth-order valence-corrected chi connectivity index (χ4v) is 1.94. The van der Waals surface area contributed by atoms with Gasteiger partial charge >= 0.3 is 0 Å². The lowest BCUT2D eigenvalue weighted by atomic mass is 10.2. The smallest absolute Gasteiger partial charge is 0.221 e. The van der Waals surface area contributed by atoms with Crippen molar-refractivity contribution in [1.82, 2.24) is 9.97 Å². The maximum Gasteiger partial charge on any atom is 0.221 e. The van der Waals surface area contributed by atoms with Gasteiger partial charge in [-0.25, -0.2) is 4.98 Å². The van der Waals surface area contributed by atoms with Crippen molar-refractivity contribution in [1.29, 1.82) is 0 Å². The van der Waals surface area contributed by atoms with E-state index in [4.69, 9.17) is 9.47 Å². The molecule has 1 N–H and O–H groups in total. The topological polar surface area (TPSA) is 56.3 Å². The summed E-state index contributed by atoms with van der Waals surface area (Å²) in [5, 5.41) is 3.11. The number of aromatic nitrogens is 2. The van der Waals surface area contributed by atoms with Crippen molar-refractivity contribution in [2.45, 2.75) is 39.5 Å². The summed E-state index contributed by atoms with van der Waals surface area (Å²) >= 11 is 0. The maximum atomic E-state index is 5.76. The molecule has 0 unspecified atom stereocenters. The van der Waals surface area contributed by atoms with Gasteiger partial charge in [-0.3, -0.25) is 0 Å². The molecule has 5 heteroatoms. The first-order valence-electron chi connectivity index (χ1n) is 7.38. The molecule has 0 aromatic carbocycles. The van der Waals surface area contributed by atoms with Gasteiger partial charge in [0.15, 0.2) is 0 Å². The predicted octanol–water partition coefficient (Wildman–Crippen LogP) is 2.76. The number of nitrogens with one attached hydrogen (secondary N) is 1. The van der Waals surface area contributed by atoms with Gasteiger partial charge in [-0.2, -0.15) is 4.98 Å². The van der Waals surface area contributed by atoms with Gasteiger partial charge in [-0.05, 0) is 25.7 Å². The molecule has 1 heterocycles. The molecule has 20 heavy (non-hydrogen) atoms. The number of hydrogen-bond acceptors (Lipinski definition) is 5. The number of nitrogens with zero attached hydrogens (tertiary/aromatic N) is 2. The molecule has 0 radical (unpaired) electrons. The van der Waals surface area contributed by atoms with Crippen LogP contribution in [0.15, 0.2) is 0 Å². The summed E-state index contributed by atoms with van der Waals surface area (Å²) in [5.74, 6) is 3.51. The minimum atomic E-state index is 0.516. The summed E-state index contributed by atoms with van der Waals surface area (Å²) in [6.45, 7) is 8.13. The van der Waals surface area contributed by atoms with Crippen LogP contribution in [0.3, 0.4) is 0 Å². The fourth-order valence-electron chi connectivity index (χ4n) is 1.94. The van der Waals surface area contributed by atoms with Gasteiger partial charge in [-0.15, -0.1) is 0 Å². The predicted molar refractivity (Wildman–Crippen MR) is 79.4 cm³/mol. The molecule has 1 aliphatic carbocycles. The SMILES string of the molecule is CNc1nc(C2CC2)nc(OCCOCC(C)C)c1C. The molecule has 0 aliphatic heterocycles. The van der Waals surface area contributed by atoms with Crippen LogP contribution in [0.5, 0.6) is 5.88 Å². The Morgan fingerprint density at radius 2 is 2.00 bits per heavy atom. The van der Waals surface area contributed by atoms with Crippen molar-refractivity contribution in [2.24, 2.45) is 5.92 Å². The van der Waals surface area contributed by atoms with Crippen LogP contribution < -0.4 is 10.1 Å². The Hall–Kier alpha value is -1.36. The highest BCUT2D eigenvalue weighted by Gasteiger charge is 2.28. The Labute approximate surface area is 121 Å². The maximum absolute atomic E-state index is 5.76. The molecule has 0 amide bonds. The minimum Gasteiger partial charge on any atom is -0.475 e. The first kappa shape index (κ1) is 15.0. The third kappa shape index (κ3) is 4.07. The first-order chi connectivity index (χ1) is 9.61. The van der Waals surface area contributed by atoms with Crippen LogP contribution in [0.25, 0.3) is 0 Å². The number of ether oxygens (including phenoxy) is 2. The van der Waals surface area contributed by atoms with Gasteiger partial charge in [0.25, 0.3) is 0 Å². The molecule has 0 atom stereocenters. The minimum absolute atomic E-state index is 0.516. The van der Waals surface area contributed by atoms with E-state index in [1.54, 1.807) is 0 Å². The summed E-state index contributed by atoms with van der Waals surface area (Å²) < 4.78 is 11.3. The van der Waals surface area contributed by atoms with Gasteiger partial charge in [0.2, 0.25) is 5.88 Å². The lowest BCUT2D eigenvalue weighted by molar-refractivity contribution is 0.0803. The standard InChI is InChI=1S/C15H25N3O2/c1-10(2)9-19-7-8-20-15-11(3)13(16-4)17-14(18-15)12-5-6-12/h10,12H,5-9H2,1-4H3,(H,16,17,18). The third-order valence-corrected chi connectivity index (χ3v) is 3.22. The van der Waals surface area contributed by atoms with Crippen LogP contribution in [0, 0.1) is 12.8 Å². The molecule has 112 valence electrons. The highest BCUT2D eigenvalue weighted by molar-refractivity contribution is 5.48. The average Bonchev–Trinajstić information content (AvgIpc) is 3.24. The van der Waals surface area contributed by atoms with E-state index < -0.39 is 0 Å². The molecule has 2 rings (SSSR count). The zero-order valence-electron chi connectivity index (χ0n) is 12.9. The summed E-state index contributed by atoms with van der Waals surface area (Å²) in [6, 6.07) is 0. The van der Waals surface area contributed by atoms with Gasteiger partial charge < -0.3 is 14.8 Å². The van der Waals surface area contributed by atoms with Crippen molar-refractivity contribution < 1.29 is 9.47 Å². The second-order valence-electron chi connectivity index (χ2n) is 5.70. The summed E-state index contributed by atoms with van der Waals surface area (Å²) in [5.41, 5.74) is 0.959. The van der Waals surface area contributed by atoms with E-state index in [-0.39, 0.29) is 0 Å². The molecular formula is C15H25N3O2. The van der Waals surface area contributed by atoms with E-state index in [1.807, 2.05) is 14.0 Å². The summed E-state index contributed by atoms with van der Waals surface area (Å²) in [6.07, 6.45) is 2.37. The van der Waals surface area contributed by atoms with Crippen molar-refractivity contribution in [3.05, 3.63) is 11.4 Å². The van der Waals surface area contributed by atoms with Crippen LogP contribution in [-0.4, -0.2) is 36.8 Å². The van der Waals surface area contributed by atoms with Gasteiger partial charge in [0, 0.05) is 19.6 Å². The second-order valence-corrected chi connectivity index (χ2v) is 5.70. The van der Waals surface area contributed by atoms with E-state index in [0.29, 0.717) is 30.9 Å². The number of anilines is 1. The zero-order chi connectivity index (χ0) is 14.5. The van der Waals surface area contributed by atoms with Crippen LogP contribution in [0.4, 0.5) is 5.82 Å². The Kier molecular flexibility index (Phi) is 5.17. The number of rotatable bonds is 8. The molecule has 0 spiro atoms. The van der Waals surface area contributed by atoms with Crippen molar-refractivity contribution in [2.75, 3.05) is 32.2 Å². The zero-order valence-corrected chi connectivity index (χ0v) is 12.9. The molecule has 5 nitrogen and oxygen atoms in total. The van der Waals surface area contributed by atoms with Crippen LogP contribution >= 0.6 is 0 Å². The van der Waals surface area contributed by atoms with E-state index >= 15 is 0 Å². The molecule has 1 aromatic rings. The van der Waals surface area contributed by atoms with Crippen molar-refractivity contribution in [3.63, 3.8) is 0 Å². The fraction of sp³-hybridized carbons (Fsp3) is 0.733. The van der Waals surface area contributed by atoms with Gasteiger partial charge in [0.1, 0.15) is 18.2 Å². The van der Waals surface area contributed by atoms with Crippen molar-refractivity contribution >= 4 is 5.82 Å². The highest BCUT2D eigenvalue weighted by Crippen LogP contribution is 2.39. The molecular weight excluding hydrogens is 254 g/mol. The number of hydrogen-bond donors (Lipinski definition) is 1. The quantitative estimate of drug-likeness (QED) is 0.742. The van der Waals surface area contributed by atoms with E-state index in [0.717, 1.165) is 23.8 Å². The van der Waals surface area contributed by atoms with Crippen LogP contribution in [0.1, 0.15) is 44.0 Å². The second kappa shape index (κ2) is 6.88. The van der Waals surface area contributed by atoms with Crippen molar-refractivity contribution in [3.8, 4) is 5.88 Å². The Balaban J connectivity index is 1.93. The summed E-state index contributed by atoms with van der Waals surface area (Å²) in [4.78, 5) is 9.09. The average molecular weight is 279 g/mol. The lowest BCUT2D eigenvalue weighted by Gasteiger charge is -2.13. The normalized spacial score (nSPS) is 14.7. The van der Waals surface area contributed by atoms with Crippen LogP contribution in [-0.2, 0) is 4.74 Å². The lowest BCUT2D eigenvalue weighted by Crippen LogP contribution is -2.13. The molecule has 0 bridgehead atoms. The first-order valence-corrected chi connectivity index (χ1v) is 7.38. The van der Waals surface area contributed by atoms with Gasteiger partial charge in [-0.1, -0.05) is 13.8 Å². The monoisotopic (exact) mass is 279 g/mol. The highest BCUT2D eigenvalue weighted by atomic mass is 16.5. The van der Waals surface area contributed by atoms with E-state index in [1.165, 1.54) is 12.8 Å². The molecule has 0 saturated heterocycles. The molecule has 1 aromatic heterocycles. The molecule has 1 saturated carbocycles. The van der Waals surface area contributed by atoms with Crippen LogP contribution in [0.2, 0.25) is 0 Å². The third-order valence-electron chi connectivity index (χ3n) is 3.22. The molecule has 1 fully saturated rings.